The first-order chi connectivity index (χ1) is 6.16. The van der Waals surface area contributed by atoms with Crippen LogP contribution in [-0.2, 0) is 15.6 Å². The molecule has 4 atom stereocenters. The third kappa shape index (κ3) is 1.77. The molecule has 0 saturated heterocycles. The minimum absolute atomic E-state index is 0.159. The predicted molar refractivity (Wildman–Crippen MR) is 49.9 cm³/mol. The van der Waals surface area contributed by atoms with Crippen molar-refractivity contribution in [2.45, 2.75) is 30.9 Å². The molecule has 0 aromatic rings. The molecule has 0 aromatic heterocycles. The first-order valence-corrected chi connectivity index (χ1v) is 6.14. The van der Waals surface area contributed by atoms with Crippen LogP contribution in [0.1, 0.15) is 25.7 Å². The highest BCUT2D eigenvalue weighted by Gasteiger charge is 2.42. The van der Waals surface area contributed by atoms with Crippen molar-refractivity contribution >= 4 is 16.8 Å². The van der Waals surface area contributed by atoms with Crippen LogP contribution >= 0.6 is 0 Å². The van der Waals surface area contributed by atoms with E-state index in [1.165, 1.54) is 19.3 Å². The molecule has 2 rings (SSSR count). The van der Waals surface area contributed by atoms with Gasteiger partial charge in [-0.25, -0.2) is 0 Å². The molecule has 2 fully saturated rings. The van der Waals surface area contributed by atoms with Crippen LogP contribution in [0.5, 0.6) is 0 Å². The minimum atomic E-state index is -1.12. The molecule has 0 radical (unpaired) electrons. The van der Waals surface area contributed by atoms with E-state index in [9.17, 15) is 9.00 Å². The second-order valence-corrected chi connectivity index (χ2v) is 5.79. The molecule has 4 unspecified atom stereocenters. The van der Waals surface area contributed by atoms with E-state index in [0.717, 1.165) is 12.3 Å². The summed E-state index contributed by atoms with van der Waals surface area (Å²) in [5, 5.41) is 8.71. The molecule has 0 spiro atoms. The van der Waals surface area contributed by atoms with Crippen LogP contribution in [0, 0.1) is 11.8 Å². The average Bonchev–Trinajstić information content (AvgIpc) is 2.62. The topological polar surface area (TPSA) is 54.4 Å². The van der Waals surface area contributed by atoms with Gasteiger partial charge in [0, 0.05) is 16.0 Å². The van der Waals surface area contributed by atoms with Crippen molar-refractivity contribution in [3.05, 3.63) is 0 Å². The standard InChI is InChI=1S/C9H14O3S/c10-9(11)5-13(12)8-4-6-1-2-7(8)3-6/h6-8H,1-5H2,(H,10,11). The zero-order valence-corrected chi connectivity index (χ0v) is 8.26. The molecule has 2 aliphatic rings. The summed E-state index contributed by atoms with van der Waals surface area (Å²) in [5.74, 6) is 0.215. The van der Waals surface area contributed by atoms with Gasteiger partial charge >= 0.3 is 5.97 Å². The van der Waals surface area contributed by atoms with Gasteiger partial charge in [0.2, 0.25) is 0 Å². The molecule has 2 aliphatic carbocycles. The van der Waals surface area contributed by atoms with Crippen molar-refractivity contribution in [2.75, 3.05) is 5.75 Å². The van der Waals surface area contributed by atoms with Gasteiger partial charge in [-0.3, -0.25) is 9.00 Å². The second-order valence-electron chi connectivity index (χ2n) is 4.13. The van der Waals surface area contributed by atoms with Gasteiger partial charge in [-0.1, -0.05) is 6.42 Å². The number of carbonyl (C=O) groups is 1. The molecule has 2 bridgehead atoms. The maximum atomic E-state index is 11.6. The molecule has 0 amide bonds. The lowest BCUT2D eigenvalue weighted by atomic mass is 10.0. The van der Waals surface area contributed by atoms with Crippen molar-refractivity contribution in [1.82, 2.24) is 0 Å². The van der Waals surface area contributed by atoms with Gasteiger partial charge in [-0.15, -0.1) is 0 Å². The van der Waals surface area contributed by atoms with Crippen molar-refractivity contribution in [2.24, 2.45) is 11.8 Å². The number of hydrogen-bond acceptors (Lipinski definition) is 2. The summed E-state index contributed by atoms with van der Waals surface area (Å²) in [6.07, 6.45) is 4.63. The lowest BCUT2D eigenvalue weighted by molar-refractivity contribution is -0.134. The van der Waals surface area contributed by atoms with Gasteiger partial charge in [0.15, 0.2) is 0 Å². The number of carboxylic acids is 1. The summed E-state index contributed by atoms with van der Waals surface area (Å²) in [7, 11) is -1.12. The Labute approximate surface area is 80.0 Å². The third-order valence-corrected chi connectivity index (χ3v) is 5.06. The van der Waals surface area contributed by atoms with Gasteiger partial charge in [0.1, 0.15) is 5.75 Å². The zero-order valence-electron chi connectivity index (χ0n) is 7.44. The van der Waals surface area contributed by atoms with Gasteiger partial charge < -0.3 is 5.11 Å². The largest absolute Gasteiger partial charge is 0.481 e. The fourth-order valence-corrected chi connectivity index (χ4v) is 4.36. The number of hydrogen-bond donors (Lipinski definition) is 1. The van der Waals surface area contributed by atoms with Crippen LogP contribution in [0.4, 0.5) is 0 Å². The number of fused-ring (bicyclic) bond motifs is 2. The molecule has 4 heteroatoms. The number of rotatable bonds is 3. The van der Waals surface area contributed by atoms with Crippen LogP contribution in [-0.4, -0.2) is 26.3 Å². The predicted octanol–water partition coefficient (Wildman–Crippen LogP) is 1.01. The Morgan fingerprint density at radius 2 is 2.15 bits per heavy atom. The molecule has 0 aliphatic heterocycles. The Morgan fingerprint density at radius 1 is 1.38 bits per heavy atom. The van der Waals surface area contributed by atoms with Gasteiger partial charge in [0.25, 0.3) is 0 Å². The van der Waals surface area contributed by atoms with Gasteiger partial charge in [-0.05, 0) is 31.1 Å². The maximum absolute atomic E-state index is 11.6. The van der Waals surface area contributed by atoms with E-state index in [4.69, 9.17) is 5.11 Å². The maximum Gasteiger partial charge on any atom is 0.316 e. The highest BCUT2D eigenvalue weighted by molar-refractivity contribution is 7.86. The molecule has 13 heavy (non-hydrogen) atoms. The van der Waals surface area contributed by atoms with E-state index in [1.54, 1.807) is 0 Å². The first-order valence-electron chi connectivity index (χ1n) is 4.76. The van der Waals surface area contributed by atoms with Crippen LogP contribution in [0.3, 0.4) is 0 Å². The summed E-state index contributed by atoms with van der Waals surface area (Å²) in [6, 6.07) is 0. The van der Waals surface area contributed by atoms with Gasteiger partial charge in [-0.2, -0.15) is 0 Å². The first kappa shape index (κ1) is 9.19. The highest BCUT2D eigenvalue weighted by atomic mass is 32.2. The third-order valence-electron chi connectivity index (χ3n) is 3.28. The van der Waals surface area contributed by atoms with Gasteiger partial charge in [0.05, 0.1) is 0 Å². The molecule has 1 N–H and O–H groups in total. The van der Waals surface area contributed by atoms with E-state index in [-0.39, 0.29) is 11.0 Å². The van der Waals surface area contributed by atoms with E-state index in [2.05, 4.69) is 0 Å². The summed E-state index contributed by atoms with van der Waals surface area (Å²) in [6.45, 7) is 0. The molecule has 0 aromatic carbocycles. The summed E-state index contributed by atoms with van der Waals surface area (Å²) < 4.78 is 11.6. The lowest BCUT2D eigenvalue weighted by Gasteiger charge is -2.19. The Morgan fingerprint density at radius 3 is 2.62 bits per heavy atom. The smallest absolute Gasteiger partial charge is 0.316 e. The quantitative estimate of drug-likeness (QED) is 0.743. The number of aliphatic carboxylic acids is 1. The molecule has 74 valence electrons. The fourth-order valence-electron chi connectivity index (χ4n) is 2.74. The highest BCUT2D eigenvalue weighted by Crippen LogP contribution is 2.46. The van der Waals surface area contributed by atoms with E-state index in [1.807, 2.05) is 0 Å². The SMILES string of the molecule is O=C(O)CS(=O)C1CC2CCC1C2. The van der Waals surface area contributed by atoms with E-state index >= 15 is 0 Å². The lowest BCUT2D eigenvalue weighted by Crippen LogP contribution is -2.26. The average molecular weight is 202 g/mol. The minimum Gasteiger partial charge on any atom is -0.481 e. The van der Waals surface area contributed by atoms with Crippen molar-refractivity contribution in [1.29, 1.82) is 0 Å². The molecule has 0 heterocycles. The van der Waals surface area contributed by atoms with E-state index < -0.39 is 16.8 Å². The zero-order chi connectivity index (χ0) is 9.42. The Bertz CT molecular complexity index is 251. The van der Waals surface area contributed by atoms with Crippen LogP contribution in [0.25, 0.3) is 0 Å². The Balaban J connectivity index is 1.95. The normalized spacial score (nSPS) is 39.2. The van der Waals surface area contributed by atoms with Crippen molar-refractivity contribution in [3.63, 3.8) is 0 Å². The summed E-state index contributed by atoms with van der Waals surface area (Å²) in [5.41, 5.74) is 0. The summed E-state index contributed by atoms with van der Waals surface area (Å²) in [4.78, 5) is 10.4. The van der Waals surface area contributed by atoms with E-state index in [0.29, 0.717) is 5.92 Å². The Kier molecular flexibility index (Phi) is 2.41. The summed E-state index contributed by atoms with van der Waals surface area (Å²) >= 11 is 0. The van der Waals surface area contributed by atoms with Crippen LogP contribution in [0.15, 0.2) is 0 Å². The molecule has 3 nitrogen and oxygen atoms in total. The molecular weight excluding hydrogens is 188 g/mol. The van der Waals surface area contributed by atoms with Crippen LogP contribution < -0.4 is 0 Å². The molecular formula is C9H14O3S. The molecule has 2 saturated carbocycles. The second kappa shape index (κ2) is 3.40. The number of carboxylic acid groups (broad SMARTS) is 1. The monoisotopic (exact) mass is 202 g/mol. The fraction of sp³-hybridized carbons (Fsp3) is 0.889. The Hall–Kier alpha value is -0.380. The van der Waals surface area contributed by atoms with Crippen molar-refractivity contribution in [3.8, 4) is 0 Å². The van der Waals surface area contributed by atoms with Crippen molar-refractivity contribution < 1.29 is 14.1 Å². The van der Waals surface area contributed by atoms with Crippen LogP contribution in [0.2, 0.25) is 0 Å².